The quantitative estimate of drug-likeness (QED) is 0.881. The fourth-order valence-electron chi connectivity index (χ4n) is 2.10. The summed E-state index contributed by atoms with van der Waals surface area (Å²) in [5.41, 5.74) is 4.29. The molecule has 0 fully saturated rings. The van der Waals surface area contributed by atoms with Gasteiger partial charge in [-0.1, -0.05) is 19.1 Å². The average Bonchev–Trinajstić information content (AvgIpc) is 2.48. The van der Waals surface area contributed by atoms with Gasteiger partial charge in [0.05, 0.1) is 11.3 Å². The molecule has 0 saturated carbocycles. The Balaban J connectivity index is 2.19. The van der Waals surface area contributed by atoms with Crippen molar-refractivity contribution in [2.75, 3.05) is 17.2 Å². The number of aromatic nitrogens is 1. The van der Waals surface area contributed by atoms with Crippen molar-refractivity contribution in [3.05, 3.63) is 53.3 Å². The molecule has 0 aliphatic heterocycles. The van der Waals surface area contributed by atoms with Crippen LogP contribution in [0.5, 0.6) is 0 Å². The molecule has 1 aromatic carbocycles. The van der Waals surface area contributed by atoms with Crippen molar-refractivity contribution in [2.24, 2.45) is 0 Å². The second kappa shape index (κ2) is 6.88. The van der Waals surface area contributed by atoms with E-state index in [4.69, 9.17) is 0 Å². The van der Waals surface area contributed by atoms with Crippen LogP contribution in [0.3, 0.4) is 0 Å². The van der Waals surface area contributed by atoms with E-state index in [1.165, 1.54) is 5.56 Å². The van der Waals surface area contributed by atoms with Crippen LogP contribution in [0.4, 0.5) is 11.4 Å². The molecule has 2 N–H and O–H groups in total. The molecule has 1 amide bonds. The first-order valence-electron chi connectivity index (χ1n) is 7.24. The smallest absolute Gasteiger partial charge is 0.259 e. The Hall–Kier alpha value is -2.36. The predicted octanol–water partition coefficient (Wildman–Crippen LogP) is 3.64. The SMILES string of the molecule is CCNc1cc(C)ncc1C(=O)Nc1ccc(CC)cc1. The van der Waals surface area contributed by atoms with E-state index in [9.17, 15) is 4.79 Å². The van der Waals surface area contributed by atoms with E-state index >= 15 is 0 Å². The molecule has 0 radical (unpaired) electrons. The standard InChI is InChI=1S/C17H21N3O/c1-4-13-6-8-14(9-7-13)20-17(21)15-11-19-12(3)10-16(15)18-5-2/h6-11H,4-5H2,1-3H3,(H,18,19)(H,20,21). The highest BCUT2D eigenvalue weighted by Crippen LogP contribution is 2.18. The van der Waals surface area contributed by atoms with Crippen LogP contribution in [-0.2, 0) is 6.42 Å². The molecule has 1 aromatic heterocycles. The summed E-state index contributed by atoms with van der Waals surface area (Å²) >= 11 is 0. The highest BCUT2D eigenvalue weighted by molar-refractivity contribution is 6.07. The third kappa shape index (κ3) is 3.81. The monoisotopic (exact) mass is 283 g/mol. The van der Waals surface area contributed by atoms with Gasteiger partial charge in [0.15, 0.2) is 0 Å². The Morgan fingerprint density at radius 2 is 1.90 bits per heavy atom. The third-order valence-corrected chi connectivity index (χ3v) is 3.27. The number of hydrogen-bond acceptors (Lipinski definition) is 3. The maximum absolute atomic E-state index is 12.4. The molecule has 2 aromatic rings. The van der Waals surface area contributed by atoms with E-state index in [1.54, 1.807) is 6.20 Å². The van der Waals surface area contributed by atoms with Crippen molar-refractivity contribution in [2.45, 2.75) is 27.2 Å². The summed E-state index contributed by atoms with van der Waals surface area (Å²) in [5, 5.41) is 6.11. The number of nitrogens with one attached hydrogen (secondary N) is 2. The summed E-state index contributed by atoms with van der Waals surface area (Å²) in [7, 11) is 0. The zero-order valence-electron chi connectivity index (χ0n) is 12.7. The molecule has 21 heavy (non-hydrogen) atoms. The number of carbonyl (C=O) groups excluding carboxylic acids is 1. The molecule has 2 rings (SSSR count). The normalized spacial score (nSPS) is 10.2. The molecule has 0 aliphatic carbocycles. The van der Waals surface area contributed by atoms with Crippen molar-refractivity contribution in [1.29, 1.82) is 0 Å². The summed E-state index contributed by atoms with van der Waals surface area (Å²) in [6.07, 6.45) is 2.60. The van der Waals surface area contributed by atoms with E-state index < -0.39 is 0 Å². The van der Waals surface area contributed by atoms with Gasteiger partial charge in [-0.15, -0.1) is 0 Å². The van der Waals surface area contributed by atoms with Crippen LogP contribution in [0.2, 0.25) is 0 Å². The summed E-state index contributed by atoms with van der Waals surface area (Å²) < 4.78 is 0. The fourth-order valence-corrected chi connectivity index (χ4v) is 2.10. The Kier molecular flexibility index (Phi) is 4.93. The first kappa shape index (κ1) is 15.0. The molecular formula is C17H21N3O. The van der Waals surface area contributed by atoms with Crippen LogP contribution >= 0.6 is 0 Å². The number of pyridine rings is 1. The van der Waals surface area contributed by atoms with E-state index in [-0.39, 0.29) is 5.91 Å². The predicted molar refractivity (Wildman–Crippen MR) is 86.9 cm³/mol. The van der Waals surface area contributed by atoms with Crippen molar-refractivity contribution in [1.82, 2.24) is 4.98 Å². The Bertz CT molecular complexity index is 620. The molecule has 0 atom stereocenters. The van der Waals surface area contributed by atoms with Crippen molar-refractivity contribution in [3.8, 4) is 0 Å². The maximum Gasteiger partial charge on any atom is 0.259 e. The molecule has 110 valence electrons. The molecule has 0 aliphatic rings. The minimum Gasteiger partial charge on any atom is -0.385 e. The highest BCUT2D eigenvalue weighted by Gasteiger charge is 2.12. The van der Waals surface area contributed by atoms with Crippen LogP contribution in [0.15, 0.2) is 36.5 Å². The number of aryl methyl sites for hydroxylation is 2. The topological polar surface area (TPSA) is 54.0 Å². The molecule has 0 spiro atoms. The fraction of sp³-hybridized carbons (Fsp3) is 0.294. The van der Waals surface area contributed by atoms with Gasteiger partial charge in [0.25, 0.3) is 5.91 Å². The number of nitrogens with zero attached hydrogens (tertiary/aromatic N) is 1. The third-order valence-electron chi connectivity index (χ3n) is 3.27. The zero-order valence-corrected chi connectivity index (χ0v) is 12.7. The number of hydrogen-bond donors (Lipinski definition) is 2. The summed E-state index contributed by atoms with van der Waals surface area (Å²) in [6.45, 7) is 6.77. The summed E-state index contributed by atoms with van der Waals surface area (Å²) in [5.74, 6) is -0.150. The molecule has 0 unspecified atom stereocenters. The Morgan fingerprint density at radius 3 is 2.52 bits per heavy atom. The first-order chi connectivity index (χ1) is 10.1. The molecular weight excluding hydrogens is 262 g/mol. The average molecular weight is 283 g/mol. The Morgan fingerprint density at radius 1 is 1.19 bits per heavy atom. The second-order valence-electron chi connectivity index (χ2n) is 4.91. The van der Waals surface area contributed by atoms with Gasteiger partial charge in [-0.2, -0.15) is 0 Å². The summed E-state index contributed by atoms with van der Waals surface area (Å²) in [6, 6.07) is 9.78. The van der Waals surface area contributed by atoms with Crippen LogP contribution < -0.4 is 10.6 Å². The lowest BCUT2D eigenvalue weighted by Gasteiger charge is -2.11. The van der Waals surface area contributed by atoms with Gasteiger partial charge in [-0.05, 0) is 44.0 Å². The molecule has 4 heteroatoms. The maximum atomic E-state index is 12.4. The number of anilines is 2. The van der Waals surface area contributed by atoms with E-state index in [0.29, 0.717) is 5.56 Å². The van der Waals surface area contributed by atoms with Crippen LogP contribution in [0.25, 0.3) is 0 Å². The highest BCUT2D eigenvalue weighted by atomic mass is 16.1. The molecule has 4 nitrogen and oxygen atoms in total. The largest absolute Gasteiger partial charge is 0.385 e. The molecule has 1 heterocycles. The van der Waals surface area contributed by atoms with Crippen LogP contribution in [0, 0.1) is 6.92 Å². The lowest BCUT2D eigenvalue weighted by molar-refractivity contribution is 0.102. The van der Waals surface area contributed by atoms with Crippen molar-refractivity contribution in [3.63, 3.8) is 0 Å². The number of rotatable bonds is 5. The first-order valence-corrected chi connectivity index (χ1v) is 7.24. The Labute approximate surface area is 125 Å². The van der Waals surface area contributed by atoms with Gasteiger partial charge in [-0.25, -0.2) is 0 Å². The van der Waals surface area contributed by atoms with Crippen LogP contribution in [-0.4, -0.2) is 17.4 Å². The zero-order chi connectivity index (χ0) is 15.2. The minimum absolute atomic E-state index is 0.150. The van der Waals surface area contributed by atoms with E-state index in [2.05, 4.69) is 22.5 Å². The van der Waals surface area contributed by atoms with Gasteiger partial charge in [0.2, 0.25) is 0 Å². The number of carbonyl (C=O) groups is 1. The van der Waals surface area contributed by atoms with E-state index in [1.807, 2.05) is 44.2 Å². The molecule has 0 saturated heterocycles. The second-order valence-corrected chi connectivity index (χ2v) is 4.91. The molecule has 0 bridgehead atoms. The van der Waals surface area contributed by atoms with E-state index in [0.717, 1.165) is 30.0 Å². The van der Waals surface area contributed by atoms with Crippen molar-refractivity contribution >= 4 is 17.3 Å². The summed E-state index contributed by atoms with van der Waals surface area (Å²) in [4.78, 5) is 16.6. The van der Waals surface area contributed by atoms with Crippen molar-refractivity contribution < 1.29 is 4.79 Å². The van der Waals surface area contributed by atoms with Gasteiger partial charge >= 0.3 is 0 Å². The lowest BCUT2D eigenvalue weighted by Crippen LogP contribution is -2.15. The van der Waals surface area contributed by atoms with Gasteiger partial charge in [0.1, 0.15) is 0 Å². The minimum atomic E-state index is -0.150. The number of amides is 1. The van der Waals surface area contributed by atoms with Gasteiger partial charge < -0.3 is 10.6 Å². The van der Waals surface area contributed by atoms with Crippen LogP contribution in [0.1, 0.15) is 35.5 Å². The number of benzene rings is 1. The van der Waals surface area contributed by atoms with Gasteiger partial charge in [-0.3, -0.25) is 9.78 Å². The van der Waals surface area contributed by atoms with Gasteiger partial charge in [0, 0.05) is 24.1 Å². The lowest BCUT2D eigenvalue weighted by atomic mass is 10.1.